The van der Waals surface area contributed by atoms with Gasteiger partial charge in [0.25, 0.3) is 0 Å². The molecular weight excluding hydrogens is 246 g/mol. The minimum absolute atomic E-state index is 0.0306. The van der Waals surface area contributed by atoms with Crippen molar-refractivity contribution in [3.8, 4) is 0 Å². The minimum atomic E-state index is -0.461. The molecule has 1 rings (SSSR count). The van der Waals surface area contributed by atoms with Crippen molar-refractivity contribution < 1.29 is 14.3 Å². The molecule has 1 fully saturated rings. The van der Waals surface area contributed by atoms with Crippen molar-refractivity contribution in [2.45, 2.75) is 39.3 Å². The fourth-order valence-electron chi connectivity index (χ4n) is 1.97. The van der Waals surface area contributed by atoms with Crippen molar-refractivity contribution in [3.05, 3.63) is 0 Å². The molecule has 1 atom stereocenters. The van der Waals surface area contributed by atoms with Crippen LogP contribution in [-0.4, -0.2) is 66.0 Å². The van der Waals surface area contributed by atoms with Gasteiger partial charge in [-0.25, -0.2) is 0 Å². The molecule has 6 heteroatoms. The zero-order chi connectivity index (χ0) is 14.6. The summed E-state index contributed by atoms with van der Waals surface area (Å²) in [4.78, 5) is 27.1. The predicted octanol–water partition coefficient (Wildman–Crippen LogP) is -0.180. The van der Waals surface area contributed by atoms with E-state index in [1.165, 1.54) is 0 Å². The number of piperazine rings is 1. The number of carbonyl (C=O) groups is 2. The maximum Gasteiger partial charge on any atom is 0.320 e. The van der Waals surface area contributed by atoms with E-state index in [4.69, 9.17) is 10.5 Å². The van der Waals surface area contributed by atoms with Crippen molar-refractivity contribution in [2.24, 2.45) is 5.73 Å². The normalized spacial score (nSPS) is 19.1. The molecule has 110 valence electrons. The number of carbonyl (C=O) groups excluding carboxylic acids is 2. The van der Waals surface area contributed by atoms with E-state index < -0.39 is 11.6 Å². The quantitative estimate of drug-likeness (QED) is 0.721. The van der Waals surface area contributed by atoms with Gasteiger partial charge < -0.3 is 15.4 Å². The fourth-order valence-corrected chi connectivity index (χ4v) is 1.97. The summed E-state index contributed by atoms with van der Waals surface area (Å²) in [5, 5.41) is 0. The number of esters is 1. The third kappa shape index (κ3) is 5.57. The molecule has 0 radical (unpaired) electrons. The first-order chi connectivity index (χ1) is 8.69. The first-order valence-corrected chi connectivity index (χ1v) is 6.67. The standard InChI is InChI=1S/C13H25N3O3/c1-10(14)12(18)16-7-5-15(6-8-16)9-11(17)19-13(2,3)4/h10H,5-9,14H2,1-4H3/t10-/m0/s1. The topological polar surface area (TPSA) is 75.9 Å². The van der Waals surface area contributed by atoms with Crippen LogP contribution in [0.1, 0.15) is 27.7 Å². The van der Waals surface area contributed by atoms with E-state index in [1.807, 2.05) is 25.7 Å². The minimum Gasteiger partial charge on any atom is -0.459 e. The monoisotopic (exact) mass is 271 g/mol. The smallest absolute Gasteiger partial charge is 0.320 e. The van der Waals surface area contributed by atoms with Gasteiger partial charge in [-0.15, -0.1) is 0 Å². The summed E-state index contributed by atoms with van der Waals surface area (Å²) in [6.45, 7) is 10.1. The van der Waals surface area contributed by atoms with Gasteiger partial charge in [-0.1, -0.05) is 0 Å². The molecule has 19 heavy (non-hydrogen) atoms. The second kappa shape index (κ2) is 6.34. The number of ether oxygens (including phenoxy) is 1. The summed E-state index contributed by atoms with van der Waals surface area (Å²) < 4.78 is 5.27. The second-order valence-electron chi connectivity index (χ2n) is 5.98. The van der Waals surface area contributed by atoms with Gasteiger partial charge >= 0.3 is 5.97 Å². The second-order valence-corrected chi connectivity index (χ2v) is 5.98. The van der Waals surface area contributed by atoms with Crippen molar-refractivity contribution in [1.29, 1.82) is 0 Å². The van der Waals surface area contributed by atoms with Crippen molar-refractivity contribution in [1.82, 2.24) is 9.80 Å². The molecule has 1 aliphatic heterocycles. The number of hydrogen-bond donors (Lipinski definition) is 1. The lowest BCUT2D eigenvalue weighted by atomic mass is 10.2. The highest BCUT2D eigenvalue weighted by molar-refractivity contribution is 5.81. The lowest BCUT2D eigenvalue weighted by Crippen LogP contribution is -2.53. The summed E-state index contributed by atoms with van der Waals surface area (Å²) in [7, 11) is 0. The van der Waals surface area contributed by atoms with Crippen LogP contribution in [0.15, 0.2) is 0 Å². The van der Waals surface area contributed by atoms with Gasteiger partial charge in [0, 0.05) is 26.2 Å². The van der Waals surface area contributed by atoms with E-state index in [-0.39, 0.29) is 18.4 Å². The molecule has 1 amide bonds. The molecule has 0 saturated carbocycles. The first-order valence-electron chi connectivity index (χ1n) is 6.67. The molecule has 1 heterocycles. The van der Waals surface area contributed by atoms with Crippen LogP contribution in [0, 0.1) is 0 Å². The summed E-state index contributed by atoms with van der Waals surface area (Å²) in [6, 6.07) is -0.461. The molecule has 2 N–H and O–H groups in total. The van der Waals surface area contributed by atoms with Gasteiger partial charge in [-0.05, 0) is 27.7 Å². The maximum absolute atomic E-state index is 11.7. The predicted molar refractivity (Wildman–Crippen MR) is 72.5 cm³/mol. The number of nitrogens with two attached hydrogens (primary N) is 1. The zero-order valence-electron chi connectivity index (χ0n) is 12.3. The highest BCUT2D eigenvalue weighted by Gasteiger charge is 2.25. The Morgan fingerprint density at radius 2 is 1.74 bits per heavy atom. The van der Waals surface area contributed by atoms with Crippen LogP contribution in [0.25, 0.3) is 0 Å². The Morgan fingerprint density at radius 3 is 2.16 bits per heavy atom. The number of rotatable bonds is 3. The number of amides is 1. The van der Waals surface area contributed by atoms with Crippen molar-refractivity contribution >= 4 is 11.9 Å². The molecular formula is C13H25N3O3. The molecule has 0 spiro atoms. The van der Waals surface area contributed by atoms with Crippen LogP contribution in [0.3, 0.4) is 0 Å². The highest BCUT2D eigenvalue weighted by Crippen LogP contribution is 2.09. The van der Waals surface area contributed by atoms with E-state index >= 15 is 0 Å². The van der Waals surface area contributed by atoms with E-state index in [1.54, 1.807) is 11.8 Å². The molecule has 0 bridgehead atoms. The van der Waals surface area contributed by atoms with E-state index in [0.717, 1.165) is 0 Å². The van der Waals surface area contributed by atoms with Crippen LogP contribution >= 0.6 is 0 Å². The third-order valence-electron chi connectivity index (χ3n) is 2.85. The van der Waals surface area contributed by atoms with Crippen LogP contribution in [-0.2, 0) is 14.3 Å². The van der Waals surface area contributed by atoms with Gasteiger partial charge in [-0.2, -0.15) is 0 Å². The lowest BCUT2D eigenvalue weighted by molar-refractivity contribution is -0.156. The molecule has 0 aromatic carbocycles. The zero-order valence-corrected chi connectivity index (χ0v) is 12.3. The molecule has 1 saturated heterocycles. The number of hydrogen-bond acceptors (Lipinski definition) is 5. The van der Waals surface area contributed by atoms with Crippen LogP contribution in [0.5, 0.6) is 0 Å². The Bertz CT molecular complexity index is 329. The van der Waals surface area contributed by atoms with Gasteiger partial charge in [0.2, 0.25) is 5.91 Å². The molecule has 0 unspecified atom stereocenters. The van der Waals surface area contributed by atoms with Crippen molar-refractivity contribution in [3.63, 3.8) is 0 Å². The summed E-state index contributed by atoms with van der Waals surface area (Å²) in [5.74, 6) is -0.253. The Morgan fingerprint density at radius 1 is 1.21 bits per heavy atom. The maximum atomic E-state index is 11.7. The Balaban J connectivity index is 2.34. The molecule has 0 aromatic rings. The van der Waals surface area contributed by atoms with Crippen LogP contribution in [0.4, 0.5) is 0 Å². The van der Waals surface area contributed by atoms with Gasteiger partial charge in [0.05, 0.1) is 12.6 Å². The molecule has 0 aromatic heterocycles. The first kappa shape index (κ1) is 15.9. The highest BCUT2D eigenvalue weighted by atomic mass is 16.6. The summed E-state index contributed by atoms with van der Waals surface area (Å²) in [5.41, 5.74) is 5.12. The lowest BCUT2D eigenvalue weighted by Gasteiger charge is -2.35. The third-order valence-corrected chi connectivity index (χ3v) is 2.85. The average molecular weight is 271 g/mol. The average Bonchev–Trinajstić information content (AvgIpc) is 2.26. The van der Waals surface area contributed by atoms with Crippen molar-refractivity contribution in [2.75, 3.05) is 32.7 Å². The van der Waals surface area contributed by atoms with E-state index in [0.29, 0.717) is 26.2 Å². The molecule has 1 aliphatic rings. The Hall–Kier alpha value is -1.14. The molecule has 6 nitrogen and oxygen atoms in total. The van der Waals surface area contributed by atoms with E-state index in [9.17, 15) is 9.59 Å². The van der Waals surface area contributed by atoms with Gasteiger partial charge in [0.1, 0.15) is 5.60 Å². The number of nitrogens with zero attached hydrogens (tertiary/aromatic N) is 2. The SMILES string of the molecule is C[C@H](N)C(=O)N1CCN(CC(=O)OC(C)(C)C)CC1. The fraction of sp³-hybridized carbons (Fsp3) is 0.846. The largest absolute Gasteiger partial charge is 0.459 e. The molecule has 0 aliphatic carbocycles. The Kier molecular flexibility index (Phi) is 5.31. The van der Waals surface area contributed by atoms with Gasteiger partial charge in [-0.3, -0.25) is 14.5 Å². The van der Waals surface area contributed by atoms with Crippen LogP contribution in [0.2, 0.25) is 0 Å². The van der Waals surface area contributed by atoms with Crippen LogP contribution < -0.4 is 5.73 Å². The summed E-state index contributed by atoms with van der Waals surface area (Å²) in [6.07, 6.45) is 0. The van der Waals surface area contributed by atoms with Gasteiger partial charge in [0.15, 0.2) is 0 Å². The van der Waals surface area contributed by atoms with E-state index in [2.05, 4.69) is 0 Å². The Labute approximate surface area is 114 Å². The summed E-state index contributed by atoms with van der Waals surface area (Å²) >= 11 is 0.